The summed E-state index contributed by atoms with van der Waals surface area (Å²) in [5.41, 5.74) is 0.101. The van der Waals surface area contributed by atoms with Crippen molar-refractivity contribution in [3.63, 3.8) is 0 Å². The molecule has 112 valence electrons. The van der Waals surface area contributed by atoms with Gasteiger partial charge in [-0.05, 0) is 54.9 Å². The molecule has 0 amide bonds. The summed E-state index contributed by atoms with van der Waals surface area (Å²) < 4.78 is 24.5. The number of halogens is 3. The van der Waals surface area contributed by atoms with Crippen LogP contribution in [-0.2, 0) is 4.74 Å². The maximum Gasteiger partial charge on any atom is 0.345 e. The molecule has 0 atom stereocenters. The van der Waals surface area contributed by atoms with Crippen molar-refractivity contribution < 1.29 is 18.4 Å². The number of carbonyl (C=O) groups is 1. The fourth-order valence-electron chi connectivity index (χ4n) is 1.66. The standard InChI is InChI=1S/C14H12Br2FNO3/c1-14(2,3)20-13(19)10-11(18-21-12(10)16)7-4-8(15)6-9(17)5-7/h4-6H,1-3H3. The predicted octanol–water partition coefficient (Wildman–Crippen LogP) is 4.96. The van der Waals surface area contributed by atoms with Crippen LogP contribution < -0.4 is 0 Å². The normalized spacial score (nSPS) is 11.5. The Morgan fingerprint density at radius 2 is 1.95 bits per heavy atom. The van der Waals surface area contributed by atoms with E-state index in [4.69, 9.17) is 9.26 Å². The molecule has 0 bridgehead atoms. The third kappa shape index (κ3) is 3.91. The Bertz CT molecular complexity index is 672. The monoisotopic (exact) mass is 419 g/mol. The van der Waals surface area contributed by atoms with Gasteiger partial charge in [-0.15, -0.1) is 0 Å². The number of benzene rings is 1. The highest BCUT2D eigenvalue weighted by Gasteiger charge is 2.27. The third-order valence-corrected chi connectivity index (χ3v) is 3.39. The molecular formula is C14H12Br2FNO3. The molecule has 0 saturated carbocycles. The molecule has 0 radical (unpaired) electrons. The smallest absolute Gasteiger partial charge is 0.345 e. The van der Waals surface area contributed by atoms with Gasteiger partial charge in [0.05, 0.1) is 0 Å². The summed E-state index contributed by atoms with van der Waals surface area (Å²) in [7, 11) is 0. The number of ether oxygens (including phenoxy) is 1. The molecule has 2 rings (SSSR count). The number of rotatable bonds is 2. The van der Waals surface area contributed by atoms with Crippen LogP contribution in [0.4, 0.5) is 4.39 Å². The van der Waals surface area contributed by atoms with Gasteiger partial charge < -0.3 is 9.26 Å². The first kappa shape index (κ1) is 16.2. The van der Waals surface area contributed by atoms with Crippen LogP contribution in [-0.4, -0.2) is 16.7 Å². The molecule has 2 aromatic rings. The van der Waals surface area contributed by atoms with Gasteiger partial charge in [-0.1, -0.05) is 21.1 Å². The summed E-state index contributed by atoms with van der Waals surface area (Å²) in [4.78, 5) is 12.2. The van der Waals surface area contributed by atoms with Crippen molar-refractivity contribution in [1.29, 1.82) is 0 Å². The minimum atomic E-state index is -0.659. The van der Waals surface area contributed by atoms with Crippen molar-refractivity contribution in [2.45, 2.75) is 26.4 Å². The van der Waals surface area contributed by atoms with Crippen LogP contribution in [0.1, 0.15) is 31.1 Å². The van der Waals surface area contributed by atoms with E-state index < -0.39 is 17.4 Å². The van der Waals surface area contributed by atoms with Crippen molar-refractivity contribution in [1.82, 2.24) is 5.16 Å². The second kappa shape index (κ2) is 5.88. The van der Waals surface area contributed by atoms with Crippen molar-refractivity contribution in [2.75, 3.05) is 0 Å². The first-order valence-electron chi connectivity index (χ1n) is 6.02. The molecule has 7 heteroatoms. The number of hydrogen-bond acceptors (Lipinski definition) is 4. The molecule has 0 aliphatic heterocycles. The third-order valence-electron chi connectivity index (χ3n) is 2.39. The molecule has 1 aromatic heterocycles. The summed E-state index contributed by atoms with van der Waals surface area (Å²) >= 11 is 6.33. The van der Waals surface area contributed by atoms with E-state index in [9.17, 15) is 9.18 Å². The Hall–Kier alpha value is -1.21. The van der Waals surface area contributed by atoms with Crippen LogP contribution >= 0.6 is 31.9 Å². The predicted molar refractivity (Wildman–Crippen MR) is 82.5 cm³/mol. The zero-order valence-corrected chi connectivity index (χ0v) is 14.7. The zero-order chi connectivity index (χ0) is 15.8. The van der Waals surface area contributed by atoms with Crippen molar-refractivity contribution in [3.05, 3.63) is 38.7 Å². The lowest BCUT2D eigenvalue weighted by molar-refractivity contribution is 0.00683. The lowest BCUT2D eigenvalue weighted by Gasteiger charge is -2.19. The summed E-state index contributed by atoms with van der Waals surface area (Å²) in [6, 6.07) is 4.22. The van der Waals surface area contributed by atoms with E-state index in [-0.39, 0.29) is 15.9 Å². The summed E-state index contributed by atoms with van der Waals surface area (Å²) in [6.45, 7) is 5.26. The van der Waals surface area contributed by atoms with Crippen molar-refractivity contribution >= 4 is 37.8 Å². The van der Waals surface area contributed by atoms with Gasteiger partial charge in [-0.25, -0.2) is 9.18 Å². The van der Waals surface area contributed by atoms with E-state index in [2.05, 4.69) is 37.0 Å². The first-order chi connectivity index (χ1) is 9.67. The van der Waals surface area contributed by atoms with Crippen molar-refractivity contribution in [3.8, 4) is 11.3 Å². The van der Waals surface area contributed by atoms with Gasteiger partial charge in [0.1, 0.15) is 22.7 Å². The van der Waals surface area contributed by atoms with Crippen LogP contribution in [0.5, 0.6) is 0 Å². The number of carbonyl (C=O) groups excluding carboxylic acids is 1. The number of aromatic nitrogens is 1. The summed E-state index contributed by atoms with van der Waals surface area (Å²) in [5, 5.41) is 3.81. The van der Waals surface area contributed by atoms with E-state index in [1.807, 2.05) is 0 Å². The quantitative estimate of drug-likeness (QED) is 0.644. The number of nitrogens with zero attached hydrogens (tertiary/aromatic N) is 1. The van der Waals surface area contributed by atoms with Crippen LogP contribution in [0.15, 0.2) is 31.9 Å². The largest absolute Gasteiger partial charge is 0.456 e. The van der Waals surface area contributed by atoms with Gasteiger partial charge in [0, 0.05) is 10.0 Å². The average molecular weight is 421 g/mol. The van der Waals surface area contributed by atoms with E-state index >= 15 is 0 Å². The molecule has 4 nitrogen and oxygen atoms in total. The number of esters is 1. The molecule has 21 heavy (non-hydrogen) atoms. The van der Waals surface area contributed by atoms with Gasteiger partial charge in [0.25, 0.3) is 0 Å². The van der Waals surface area contributed by atoms with Crippen LogP contribution in [0.25, 0.3) is 11.3 Å². The van der Waals surface area contributed by atoms with Crippen LogP contribution in [0, 0.1) is 5.82 Å². The Kier molecular flexibility index (Phi) is 4.53. The Morgan fingerprint density at radius 1 is 1.29 bits per heavy atom. The number of hydrogen-bond donors (Lipinski definition) is 0. The molecular weight excluding hydrogens is 409 g/mol. The maximum absolute atomic E-state index is 13.5. The van der Waals surface area contributed by atoms with Crippen LogP contribution in [0.3, 0.4) is 0 Å². The molecule has 1 aromatic carbocycles. The van der Waals surface area contributed by atoms with Crippen LogP contribution in [0.2, 0.25) is 0 Å². The minimum absolute atomic E-state index is 0.127. The van der Waals surface area contributed by atoms with E-state index in [1.165, 1.54) is 12.1 Å². The topological polar surface area (TPSA) is 52.3 Å². The molecule has 0 aliphatic carbocycles. The van der Waals surface area contributed by atoms with Gasteiger partial charge >= 0.3 is 5.97 Å². The average Bonchev–Trinajstić information content (AvgIpc) is 2.67. The van der Waals surface area contributed by atoms with E-state index in [0.29, 0.717) is 10.0 Å². The highest BCUT2D eigenvalue weighted by atomic mass is 79.9. The first-order valence-corrected chi connectivity index (χ1v) is 7.61. The zero-order valence-electron chi connectivity index (χ0n) is 11.5. The molecule has 0 aliphatic rings. The van der Waals surface area contributed by atoms with Gasteiger partial charge in [0.2, 0.25) is 4.67 Å². The van der Waals surface area contributed by atoms with E-state index in [1.54, 1.807) is 26.8 Å². The second-order valence-electron chi connectivity index (χ2n) is 5.34. The molecule has 0 unspecified atom stereocenters. The summed E-state index contributed by atoms with van der Waals surface area (Å²) in [5.74, 6) is -1.04. The molecule has 0 saturated heterocycles. The van der Waals surface area contributed by atoms with Crippen molar-refractivity contribution in [2.24, 2.45) is 0 Å². The van der Waals surface area contributed by atoms with Gasteiger partial charge in [-0.3, -0.25) is 0 Å². The minimum Gasteiger partial charge on any atom is -0.456 e. The Balaban J connectivity index is 2.49. The molecule has 0 fully saturated rings. The lowest BCUT2D eigenvalue weighted by atomic mass is 10.1. The van der Waals surface area contributed by atoms with Gasteiger partial charge in [0.15, 0.2) is 0 Å². The summed E-state index contributed by atoms with van der Waals surface area (Å²) in [6.07, 6.45) is 0. The highest BCUT2D eigenvalue weighted by Crippen LogP contribution is 2.32. The molecule has 0 spiro atoms. The van der Waals surface area contributed by atoms with Gasteiger partial charge in [-0.2, -0.15) is 0 Å². The Morgan fingerprint density at radius 3 is 2.52 bits per heavy atom. The lowest BCUT2D eigenvalue weighted by Crippen LogP contribution is -2.24. The SMILES string of the molecule is CC(C)(C)OC(=O)c1c(-c2cc(F)cc(Br)c2)noc1Br. The molecule has 0 N–H and O–H groups in total. The Labute approximate surface area is 137 Å². The molecule has 1 heterocycles. The highest BCUT2D eigenvalue weighted by molar-refractivity contribution is 9.10. The fourth-order valence-corrected chi connectivity index (χ4v) is 2.55. The fraction of sp³-hybridized carbons (Fsp3) is 0.286. The second-order valence-corrected chi connectivity index (χ2v) is 6.98. The maximum atomic E-state index is 13.5. The van der Waals surface area contributed by atoms with E-state index in [0.717, 1.165) is 0 Å².